The first-order chi connectivity index (χ1) is 13.5. The standard InChI is InChI=1S/C13H14N2O4.C6H12.CH2O2/c1-8-11(7-14-13(17)18-2)12(19-15-8)9-3-5-10(16)6-4-9;1-2-4-6-5-3-1;2-1-3/h3-6,16H,7H2,1-2H3,(H,14,17);1-6H2;1H,(H,2,3). The molecule has 1 aromatic carbocycles. The summed E-state index contributed by atoms with van der Waals surface area (Å²) >= 11 is 0. The average molecular weight is 392 g/mol. The molecule has 1 aliphatic rings. The number of amides is 1. The lowest BCUT2D eigenvalue weighted by atomic mass is 10.0. The van der Waals surface area contributed by atoms with Crippen LogP contribution < -0.4 is 5.32 Å². The summed E-state index contributed by atoms with van der Waals surface area (Å²) in [6.45, 7) is 1.81. The van der Waals surface area contributed by atoms with E-state index in [4.69, 9.17) is 14.4 Å². The molecule has 3 rings (SSSR count). The van der Waals surface area contributed by atoms with Crippen molar-refractivity contribution < 1.29 is 29.1 Å². The molecule has 1 heterocycles. The van der Waals surface area contributed by atoms with E-state index in [1.165, 1.54) is 45.6 Å². The molecule has 8 heteroatoms. The maximum atomic E-state index is 11.1. The van der Waals surface area contributed by atoms with Crippen LogP contribution in [0.3, 0.4) is 0 Å². The Balaban J connectivity index is 0.000000360. The van der Waals surface area contributed by atoms with Crippen molar-refractivity contribution in [2.75, 3.05) is 7.11 Å². The molecule has 0 atom stereocenters. The topological polar surface area (TPSA) is 122 Å². The molecule has 2 aromatic rings. The number of benzene rings is 1. The largest absolute Gasteiger partial charge is 0.508 e. The van der Waals surface area contributed by atoms with Gasteiger partial charge in [-0.15, -0.1) is 0 Å². The van der Waals surface area contributed by atoms with Gasteiger partial charge in [-0.2, -0.15) is 0 Å². The van der Waals surface area contributed by atoms with Crippen LogP contribution in [0.1, 0.15) is 49.8 Å². The van der Waals surface area contributed by atoms with E-state index >= 15 is 0 Å². The van der Waals surface area contributed by atoms with Gasteiger partial charge in [-0.05, 0) is 31.2 Å². The second-order valence-corrected chi connectivity index (χ2v) is 6.19. The van der Waals surface area contributed by atoms with Gasteiger partial charge >= 0.3 is 6.09 Å². The van der Waals surface area contributed by atoms with E-state index in [-0.39, 0.29) is 18.8 Å². The molecule has 3 N–H and O–H groups in total. The van der Waals surface area contributed by atoms with Crippen LogP contribution in [0.25, 0.3) is 11.3 Å². The van der Waals surface area contributed by atoms with Crippen LogP contribution in [0.15, 0.2) is 28.8 Å². The molecular formula is C20H28N2O6. The number of methoxy groups -OCH3 is 1. The van der Waals surface area contributed by atoms with Crippen molar-refractivity contribution in [2.45, 2.75) is 52.0 Å². The zero-order valence-corrected chi connectivity index (χ0v) is 16.3. The predicted octanol–water partition coefficient (Wildman–Crippen LogP) is 4.25. The number of alkyl carbamates (subject to hydrolysis) is 1. The molecule has 0 bridgehead atoms. The van der Waals surface area contributed by atoms with E-state index < -0.39 is 6.09 Å². The van der Waals surface area contributed by atoms with E-state index in [0.717, 1.165) is 11.1 Å². The Morgan fingerprint density at radius 1 is 1.18 bits per heavy atom. The third-order valence-corrected chi connectivity index (χ3v) is 4.21. The van der Waals surface area contributed by atoms with Gasteiger partial charge in [0.25, 0.3) is 6.47 Å². The monoisotopic (exact) mass is 392 g/mol. The summed E-state index contributed by atoms with van der Waals surface area (Å²) in [6, 6.07) is 6.56. The molecule has 0 saturated heterocycles. The van der Waals surface area contributed by atoms with Gasteiger partial charge in [0.2, 0.25) is 0 Å². The molecule has 0 aliphatic heterocycles. The molecule has 154 valence electrons. The number of ether oxygens (including phenoxy) is 1. The smallest absolute Gasteiger partial charge is 0.407 e. The van der Waals surface area contributed by atoms with Crippen LogP contribution >= 0.6 is 0 Å². The molecule has 28 heavy (non-hydrogen) atoms. The minimum absolute atomic E-state index is 0.175. The number of nitrogens with one attached hydrogen (secondary N) is 1. The third-order valence-electron chi connectivity index (χ3n) is 4.21. The number of aromatic nitrogens is 1. The summed E-state index contributed by atoms with van der Waals surface area (Å²) in [5.74, 6) is 0.739. The van der Waals surface area contributed by atoms with Crippen molar-refractivity contribution >= 4 is 12.6 Å². The highest BCUT2D eigenvalue weighted by atomic mass is 16.5. The fraction of sp³-hybridized carbons (Fsp3) is 0.450. The molecule has 1 saturated carbocycles. The Labute approximate surface area is 164 Å². The van der Waals surface area contributed by atoms with Crippen molar-refractivity contribution in [1.29, 1.82) is 0 Å². The summed E-state index contributed by atoms with van der Waals surface area (Å²) < 4.78 is 9.78. The van der Waals surface area contributed by atoms with Crippen LogP contribution in [0.5, 0.6) is 5.75 Å². The van der Waals surface area contributed by atoms with E-state index in [2.05, 4.69) is 15.2 Å². The summed E-state index contributed by atoms with van der Waals surface area (Å²) in [5, 5.41) is 22.6. The number of aryl methyl sites for hydroxylation is 1. The van der Waals surface area contributed by atoms with Gasteiger partial charge in [-0.25, -0.2) is 4.79 Å². The number of rotatable bonds is 3. The van der Waals surface area contributed by atoms with Crippen LogP contribution in [0, 0.1) is 6.92 Å². The minimum atomic E-state index is -0.516. The fourth-order valence-electron chi connectivity index (χ4n) is 2.73. The van der Waals surface area contributed by atoms with Crippen molar-refractivity contribution in [2.24, 2.45) is 0 Å². The Kier molecular flexibility index (Phi) is 10.8. The Morgan fingerprint density at radius 2 is 1.68 bits per heavy atom. The Bertz CT molecular complexity index is 696. The highest BCUT2D eigenvalue weighted by Crippen LogP contribution is 2.27. The van der Waals surface area contributed by atoms with E-state index in [1.807, 2.05) is 0 Å². The average Bonchev–Trinajstić information content (AvgIpc) is 3.09. The van der Waals surface area contributed by atoms with Gasteiger partial charge < -0.3 is 24.8 Å². The lowest BCUT2D eigenvalue weighted by molar-refractivity contribution is -0.122. The minimum Gasteiger partial charge on any atom is -0.508 e. The second-order valence-electron chi connectivity index (χ2n) is 6.19. The number of aromatic hydroxyl groups is 1. The maximum absolute atomic E-state index is 11.1. The summed E-state index contributed by atoms with van der Waals surface area (Å²) in [7, 11) is 1.30. The lowest BCUT2D eigenvalue weighted by Gasteiger charge is -2.05. The first kappa shape index (κ1) is 23.0. The fourth-order valence-corrected chi connectivity index (χ4v) is 2.73. The molecule has 1 fully saturated rings. The molecule has 8 nitrogen and oxygen atoms in total. The van der Waals surface area contributed by atoms with Gasteiger partial charge in [-0.3, -0.25) is 4.79 Å². The van der Waals surface area contributed by atoms with Crippen molar-refractivity contribution in [3.8, 4) is 17.1 Å². The molecule has 0 unspecified atom stereocenters. The lowest BCUT2D eigenvalue weighted by Crippen LogP contribution is -2.22. The van der Waals surface area contributed by atoms with E-state index in [1.54, 1.807) is 31.2 Å². The van der Waals surface area contributed by atoms with Crippen LogP contribution in [-0.2, 0) is 16.1 Å². The van der Waals surface area contributed by atoms with Gasteiger partial charge in [0.1, 0.15) is 5.75 Å². The van der Waals surface area contributed by atoms with Gasteiger partial charge in [0, 0.05) is 11.1 Å². The normalized spacial score (nSPS) is 12.5. The van der Waals surface area contributed by atoms with Gasteiger partial charge in [0.05, 0.1) is 19.3 Å². The van der Waals surface area contributed by atoms with Crippen LogP contribution in [-0.4, -0.2) is 35.0 Å². The van der Waals surface area contributed by atoms with Crippen molar-refractivity contribution in [3.63, 3.8) is 0 Å². The van der Waals surface area contributed by atoms with Gasteiger partial charge in [-0.1, -0.05) is 43.7 Å². The summed E-state index contributed by atoms with van der Waals surface area (Å²) in [4.78, 5) is 19.5. The van der Waals surface area contributed by atoms with Crippen molar-refractivity contribution in [3.05, 3.63) is 35.5 Å². The molecule has 1 amide bonds. The molecule has 0 radical (unpaired) electrons. The number of phenolic OH excluding ortho intramolecular Hbond substituents is 1. The number of hydrogen-bond acceptors (Lipinski definition) is 6. The Morgan fingerprint density at radius 3 is 2.14 bits per heavy atom. The Hall–Kier alpha value is -3.03. The number of carbonyl (C=O) groups is 2. The van der Waals surface area contributed by atoms with Gasteiger partial charge in [0.15, 0.2) is 5.76 Å². The molecule has 0 spiro atoms. The zero-order chi connectivity index (χ0) is 20.8. The third kappa shape index (κ3) is 8.11. The molecular weight excluding hydrogens is 364 g/mol. The highest BCUT2D eigenvalue weighted by molar-refractivity contribution is 5.68. The maximum Gasteiger partial charge on any atom is 0.407 e. The van der Waals surface area contributed by atoms with E-state index in [0.29, 0.717) is 11.5 Å². The SMILES string of the molecule is C1CCCCC1.COC(=O)NCc1c(C)noc1-c1ccc(O)cc1.O=CO. The molecule has 1 aromatic heterocycles. The first-order valence-electron chi connectivity index (χ1n) is 9.17. The number of phenols is 1. The predicted molar refractivity (Wildman–Crippen MR) is 104 cm³/mol. The highest BCUT2D eigenvalue weighted by Gasteiger charge is 2.15. The van der Waals surface area contributed by atoms with Crippen LogP contribution in [0.2, 0.25) is 0 Å². The first-order valence-corrected chi connectivity index (χ1v) is 9.17. The number of carbonyl (C=O) groups excluding carboxylic acids is 1. The summed E-state index contributed by atoms with van der Waals surface area (Å²) in [5.41, 5.74) is 2.25. The number of hydrogen-bond donors (Lipinski definition) is 3. The summed E-state index contributed by atoms with van der Waals surface area (Å²) in [6.07, 6.45) is 8.48. The number of carboxylic acid groups (broad SMARTS) is 1. The quantitative estimate of drug-likeness (QED) is 0.667. The molecule has 1 aliphatic carbocycles. The van der Waals surface area contributed by atoms with E-state index in [9.17, 15) is 9.90 Å². The van der Waals surface area contributed by atoms with Crippen LogP contribution in [0.4, 0.5) is 4.79 Å². The zero-order valence-electron chi connectivity index (χ0n) is 16.3. The van der Waals surface area contributed by atoms with Crippen molar-refractivity contribution in [1.82, 2.24) is 10.5 Å². The second kappa shape index (κ2) is 13.2. The number of nitrogens with zero attached hydrogens (tertiary/aromatic N) is 1.